The fourth-order valence-electron chi connectivity index (χ4n) is 4.55. The van der Waals surface area contributed by atoms with Crippen molar-refractivity contribution in [2.24, 2.45) is 0 Å². The van der Waals surface area contributed by atoms with Crippen LogP contribution in [0.15, 0.2) is 18.2 Å². The molecule has 224 valence electrons. The summed E-state index contributed by atoms with van der Waals surface area (Å²) in [4.78, 5) is 12.9. The van der Waals surface area contributed by atoms with Crippen molar-refractivity contribution in [3.63, 3.8) is 0 Å². The number of amides is 1. The number of hydrogen-bond acceptors (Lipinski definition) is 6. The fourth-order valence-corrected chi connectivity index (χ4v) is 5.96. The molecule has 2 N–H and O–H groups in total. The van der Waals surface area contributed by atoms with Crippen molar-refractivity contribution in [2.45, 2.75) is 75.4 Å². The molecular formula is C24H28ClF6N3O5S. The second-order valence-corrected chi connectivity index (χ2v) is 12.5. The van der Waals surface area contributed by atoms with Gasteiger partial charge in [-0.2, -0.15) is 18.3 Å². The number of halogens is 7. The summed E-state index contributed by atoms with van der Waals surface area (Å²) in [6.07, 6.45) is -9.75. The van der Waals surface area contributed by atoms with E-state index in [1.165, 1.54) is 6.07 Å². The lowest BCUT2D eigenvalue weighted by Crippen LogP contribution is -2.47. The van der Waals surface area contributed by atoms with E-state index in [1.54, 1.807) is 6.92 Å². The van der Waals surface area contributed by atoms with Gasteiger partial charge < -0.3 is 15.2 Å². The van der Waals surface area contributed by atoms with Gasteiger partial charge in [0.25, 0.3) is 5.91 Å². The summed E-state index contributed by atoms with van der Waals surface area (Å²) in [6, 6.07) is 3.15. The number of hydrogen-bond donors (Lipinski definition) is 2. The first kappa shape index (κ1) is 32.0. The van der Waals surface area contributed by atoms with Gasteiger partial charge in [-0.25, -0.2) is 8.42 Å². The van der Waals surface area contributed by atoms with Gasteiger partial charge in [0.05, 0.1) is 21.6 Å². The molecule has 3 rings (SSSR count). The van der Waals surface area contributed by atoms with E-state index in [9.17, 15) is 44.7 Å². The minimum absolute atomic E-state index is 0.0560. The molecule has 8 nitrogen and oxygen atoms in total. The summed E-state index contributed by atoms with van der Waals surface area (Å²) >= 11 is 6.41. The van der Waals surface area contributed by atoms with Gasteiger partial charge in [0.2, 0.25) is 0 Å². The van der Waals surface area contributed by atoms with Crippen molar-refractivity contribution >= 4 is 27.3 Å². The average molecular weight is 620 g/mol. The lowest BCUT2D eigenvalue weighted by molar-refractivity contribution is -0.274. The molecular weight excluding hydrogens is 592 g/mol. The number of alkyl halides is 6. The second kappa shape index (κ2) is 11.8. The van der Waals surface area contributed by atoms with Crippen LogP contribution < -0.4 is 10.1 Å². The average Bonchev–Trinajstić information content (AvgIpc) is 3.16. The molecule has 1 saturated carbocycles. The molecule has 0 atom stereocenters. The normalized spacial score (nSPS) is 20.4. The Morgan fingerprint density at radius 3 is 2.38 bits per heavy atom. The Hall–Kier alpha value is -2.52. The highest BCUT2D eigenvalue weighted by molar-refractivity contribution is 7.91. The third kappa shape index (κ3) is 8.26. The number of carbonyl (C=O) groups excluding carboxylic acids is 1. The Bertz CT molecular complexity index is 1340. The highest BCUT2D eigenvalue weighted by Gasteiger charge is 2.38. The van der Waals surface area contributed by atoms with Gasteiger partial charge in [-0.3, -0.25) is 9.48 Å². The Balaban J connectivity index is 1.87. The zero-order valence-electron chi connectivity index (χ0n) is 21.5. The van der Waals surface area contributed by atoms with Gasteiger partial charge in [0.15, 0.2) is 5.69 Å². The van der Waals surface area contributed by atoms with Crippen LogP contribution in [-0.2, 0) is 22.8 Å². The summed E-state index contributed by atoms with van der Waals surface area (Å²) in [5, 5.41) is 16.5. The number of aromatic nitrogens is 2. The molecule has 1 aromatic heterocycles. The minimum atomic E-state index is -5.17. The summed E-state index contributed by atoms with van der Waals surface area (Å²) in [7, 11) is -3.27. The lowest BCUT2D eigenvalue weighted by Gasteiger charge is -2.35. The van der Waals surface area contributed by atoms with E-state index < -0.39 is 57.7 Å². The predicted octanol–water partition coefficient (Wildman–Crippen LogP) is 5.07. The molecule has 16 heteroatoms. The molecule has 1 amide bonds. The number of nitrogens with zero attached hydrogens (tertiary/aromatic N) is 2. The van der Waals surface area contributed by atoms with Crippen LogP contribution in [0.3, 0.4) is 0 Å². The van der Waals surface area contributed by atoms with Crippen molar-refractivity contribution in [1.29, 1.82) is 0 Å². The summed E-state index contributed by atoms with van der Waals surface area (Å²) in [6.45, 7) is 1.39. The number of carbonyl (C=O) groups is 1. The molecule has 1 aliphatic carbocycles. The summed E-state index contributed by atoms with van der Waals surface area (Å²) in [5.41, 5.74) is -2.16. The van der Waals surface area contributed by atoms with E-state index in [-0.39, 0.29) is 66.3 Å². The minimum Gasteiger partial charge on any atom is -0.405 e. The third-order valence-corrected chi connectivity index (χ3v) is 8.72. The van der Waals surface area contributed by atoms with Gasteiger partial charge in [-0.1, -0.05) is 17.7 Å². The van der Waals surface area contributed by atoms with E-state index in [4.69, 9.17) is 11.6 Å². The van der Waals surface area contributed by atoms with Gasteiger partial charge in [0, 0.05) is 31.3 Å². The largest absolute Gasteiger partial charge is 0.573 e. The molecule has 0 unspecified atom stereocenters. The predicted molar refractivity (Wildman–Crippen MR) is 134 cm³/mol. The quantitative estimate of drug-likeness (QED) is 0.380. The van der Waals surface area contributed by atoms with Crippen molar-refractivity contribution in [1.82, 2.24) is 15.1 Å². The summed E-state index contributed by atoms with van der Waals surface area (Å²) < 4.78 is 106. The number of benzene rings is 1. The zero-order chi connectivity index (χ0) is 30.1. The molecule has 0 radical (unpaired) electrons. The Labute approximate surface area is 231 Å². The van der Waals surface area contributed by atoms with Crippen LogP contribution in [0.4, 0.5) is 26.3 Å². The van der Waals surface area contributed by atoms with E-state index >= 15 is 0 Å². The number of rotatable bonds is 9. The maximum absolute atomic E-state index is 13.2. The van der Waals surface area contributed by atoms with Crippen LogP contribution in [0.2, 0.25) is 5.02 Å². The van der Waals surface area contributed by atoms with E-state index in [0.29, 0.717) is 0 Å². The molecule has 0 spiro atoms. The van der Waals surface area contributed by atoms with Crippen LogP contribution in [-0.4, -0.2) is 65.4 Å². The zero-order valence-corrected chi connectivity index (χ0v) is 23.1. The summed E-state index contributed by atoms with van der Waals surface area (Å²) in [5.74, 6) is -1.65. The molecule has 0 saturated heterocycles. The number of aryl methyl sites for hydroxylation is 2. The number of aliphatic hydroxyl groups is 1. The van der Waals surface area contributed by atoms with Crippen LogP contribution in [0.5, 0.6) is 5.75 Å². The van der Waals surface area contributed by atoms with Gasteiger partial charge >= 0.3 is 12.5 Å². The van der Waals surface area contributed by atoms with Crippen molar-refractivity contribution in [2.75, 3.05) is 12.8 Å². The van der Waals surface area contributed by atoms with Crippen LogP contribution in [0, 0.1) is 0 Å². The second-order valence-electron chi connectivity index (χ2n) is 9.76. The molecule has 0 aliphatic heterocycles. The van der Waals surface area contributed by atoms with Crippen molar-refractivity contribution < 1.29 is 49.4 Å². The van der Waals surface area contributed by atoms with E-state index in [1.807, 2.05) is 0 Å². The van der Waals surface area contributed by atoms with Crippen LogP contribution in [0.1, 0.15) is 55.1 Å². The van der Waals surface area contributed by atoms with Gasteiger partial charge in [-0.05, 0) is 56.7 Å². The van der Waals surface area contributed by atoms with E-state index in [2.05, 4.69) is 15.2 Å². The topological polar surface area (TPSA) is 111 Å². The molecule has 1 aromatic carbocycles. The molecule has 1 aliphatic rings. The molecule has 40 heavy (non-hydrogen) atoms. The highest BCUT2D eigenvalue weighted by atomic mass is 35.5. The van der Waals surface area contributed by atoms with Gasteiger partial charge in [0.1, 0.15) is 15.6 Å². The maximum Gasteiger partial charge on any atom is 0.573 e. The molecule has 2 aromatic rings. The number of sulfone groups is 1. The molecule has 0 bridgehead atoms. The Morgan fingerprint density at radius 1 is 1.23 bits per heavy atom. The Kier molecular flexibility index (Phi) is 9.41. The maximum atomic E-state index is 13.2. The lowest BCUT2D eigenvalue weighted by atomic mass is 9.84. The first-order valence-corrected chi connectivity index (χ1v) is 14.6. The van der Waals surface area contributed by atoms with Crippen LogP contribution in [0.25, 0.3) is 11.3 Å². The third-order valence-electron chi connectivity index (χ3n) is 6.68. The smallest absolute Gasteiger partial charge is 0.405 e. The SMILES string of the molecule is CCn1nc(C(=O)NCC2(O)CCC(S(C)(=O)=O)CC2)c(Cl)c1-c1ccc(CCC(F)(F)F)cc1OC(F)(F)F. The fraction of sp³-hybridized carbons (Fsp3) is 0.583. The standard InChI is InChI=1S/C24H28ClF6N3O5S/c1-3-34-20(16-5-4-14(6-11-23(26,27)28)12-17(16)39-24(29,30)31)18(25)19(33-34)21(35)32-13-22(36)9-7-15(8-10-22)40(2,37)38/h4-5,12,15,36H,3,6-11,13H2,1-2H3,(H,32,35). The van der Waals surface area contributed by atoms with Gasteiger partial charge in [-0.15, -0.1) is 13.2 Å². The Morgan fingerprint density at radius 2 is 1.85 bits per heavy atom. The number of ether oxygens (including phenoxy) is 1. The van der Waals surface area contributed by atoms with Crippen molar-refractivity contribution in [3.8, 4) is 17.0 Å². The molecule has 1 heterocycles. The highest BCUT2D eigenvalue weighted by Crippen LogP contribution is 2.40. The van der Waals surface area contributed by atoms with E-state index in [0.717, 1.165) is 23.1 Å². The first-order valence-electron chi connectivity index (χ1n) is 12.2. The first-order chi connectivity index (χ1) is 18.3. The van der Waals surface area contributed by atoms with Crippen molar-refractivity contribution in [3.05, 3.63) is 34.5 Å². The molecule has 1 fully saturated rings. The number of nitrogens with one attached hydrogen (secondary N) is 1. The van der Waals surface area contributed by atoms with Crippen LogP contribution >= 0.6 is 11.6 Å². The monoisotopic (exact) mass is 619 g/mol.